The summed E-state index contributed by atoms with van der Waals surface area (Å²) in [5.41, 5.74) is 0.931. The lowest BCUT2D eigenvalue weighted by atomic mass is 10.2. The van der Waals surface area contributed by atoms with E-state index in [9.17, 15) is 18.0 Å². The van der Waals surface area contributed by atoms with E-state index in [1.807, 2.05) is 0 Å². The summed E-state index contributed by atoms with van der Waals surface area (Å²) in [6, 6.07) is 8.21. The third-order valence-corrected chi connectivity index (χ3v) is 3.90. The first-order valence-electron chi connectivity index (χ1n) is 8.54. The fourth-order valence-electron chi connectivity index (χ4n) is 2.54. The second-order valence-corrected chi connectivity index (χ2v) is 5.92. The lowest BCUT2D eigenvalue weighted by Gasteiger charge is -2.10. The first kappa shape index (κ1) is 20.8. The molecule has 0 saturated carbocycles. The topological polar surface area (TPSA) is 91.2 Å². The van der Waals surface area contributed by atoms with Gasteiger partial charge in [0, 0.05) is 11.8 Å². The molecule has 3 rings (SSSR count). The first-order valence-corrected chi connectivity index (χ1v) is 8.54. The van der Waals surface area contributed by atoms with Crippen molar-refractivity contribution in [2.24, 2.45) is 0 Å². The largest absolute Gasteiger partial charge is 0.493 e. The standard InChI is InChI=1S/C19H16F3N5O3/c1-11-24-25-26-27(11)15-10-13(5-6-14(15)20)23-18(28)8-4-12-3-7-16(30-19(21)22)17(9-12)29-2/h3-10,19H,1-2H3,(H,23,28)/b8-4+. The maximum absolute atomic E-state index is 14.1. The van der Waals surface area contributed by atoms with Crippen molar-refractivity contribution in [1.82, 2.24) is 20.2 Å². The van der Waals surface area contributed by atoms with E-state index in [1.165, 1.54) is 60.3 Å². The molecule has 0 fully saturated rings. The summed E-state index contributed by atoms with van der Waals surface area (Å²) in [6.45, 7) is -1.37. The van der Waals surface area contributed by atoms with Crippen LogP contribution in [0.5, 0.6) is 11.5 Å². The van der Waals surface area contributed by atoms with E-state index in [-0.39, 0.29) is 17.2 Å². The highest BCUT2D eigenvalue weighted by Crippen LogP contribution is 2.29. The highest BCUT2D eigenvalue weighted by molar-refractivity contribution is 6.02. The Kier molecular flexibility index (Phi) is 6.30. The highest BCUT2D eigenvalue weighted by atomic mass is 19.3. The molecule has 0 atom stereocenters. The third kappa shape index (κ3) is 4.93. The average molecular weight is 419 g/mol. The third-order valence-electron chi connectivity index (χ3n) is 3.90. The number of tetrazole rings is 1. The zero-order chi connectivity index (χ0) is 21.7. The van der Waals surface area contributed by atoms with Crippen LogP contribution in [0.3, 0.4) is 0 Å². The van der Waals surface area contributed by atoms with Crippen LogP contribution in [0.15, 0.2) is 42.5 Å². The van der Waals surface area contributed by atoms with E-state index in [1.54, 1.807) is 6.92 Å². The lowest BCUT2D eigenvalue weighted by Crippen LogP contribution is -2.09. The van der Waals surface area contributed by atoms with Gasteiger partial charge in [-0.2, -0.15) is 13.5 Å². The Morgan fingerprint density at radius 3 is 2.67 bits per heavy atom. The monoisotopic (exact) mass is 419 g/mol. The Morgan fingerprint density at radius 2 is 2.00 bits per heavy atom. The van der Waals surface area contributed by atoms with Crippen molar-refractivity contribution in [1.29, 1.82) is 0 Å². The Labute approximate surface area is 168 Å². The van der Waals surface area contributed by atoms with Crippen LogP contribution in [-0.2, 0) is 4.79 Å². The number of anilines is 1. The van der Waals surface area contributed by atoms with Crippen molar-refractivity contribution in [3.05, 3.63) is 59.7 Å². The summed E-state index contributed by atoms with van der Waals surface area (Å²) in [4.78, 5) is 12.2. The summed E-state index contributed by atoms with van der Waals surface area (Å²) in [6.07, 6.45) is 2.69. The molecule has 1 heterocycles. The van der Waals surface area contributed by atoms with Crippen molar-refractivity contribution < 1.29 is 27.4 Å². The summed E-state index contributed by atoms with van der Waals surface area (Å²) in [5.74, 6) is -0.695. The van der Waals surface area contributed by atoms with E-state index >= 15 is 0 Å². The molecule has 0 aliphatic rings. The van der Waals surface area contributed by atoms with Crippen LogP contribution in [0.2, 0.25) is 0 Å². The van der Waals surface area contributed by atoms with Crippen molar-refractivity contribution >= 4 is 17.7 Å². The van der Waals surface area contributed by atoms with E-state index in [0.717, 1.165) is 0 Å². The predicted octanol–water partition coefficient (Wildman–Crippen LogP) is 3.37. The number of carbonyl (C=O) groups is 1. The van der Waals surface area contributed by atoms with Gasteiger partial charge in [0.15, 0.2) is 17.3 Å². The molecule has 0 saturated heterocycles. The Bertz CT molecular complexity index is 1090. The number of carbonyl (C=O) groups excluding carboxylic acids is 1. The molecule has 0 bridgehead atoms. The summed E-state index contributed by atoms with van der Waals surface area (Å²) >= 11 is 0. The number of rotatable bonds is 7. The number of ether oxygens (including phenoxy) is 2. The van der Waals surface area contributed by atoms with Crippen molar-refractivity contribution in [2.75, 3.05) is 12.4 Å². The van der Waals surface area contributed by atoms with E-state index in [2.05, 4.69) is 25.6 Å². The molecule has 30 heavy (non-hydrogen) atoms. The minimum atomic E-state index is -2.98. The van der Waals surface area contributed by atoms with Crippen LogP contribution in [0.1, 0.15) is 11.4 Å². The Morgan fingerprint density at radius 1 is 1.20 bits per heavy atom. The summed E-state index contributed by atoms with van der Waals surface area (Å²) in [7, 11) is 1.31. The van der Waals surface area contributed by atoms with Gasteiger partial charge in [-0.3, -0.25) is 4.79 Å². The number of benzene rings is 2. The molecule has 1 N–H and O–H groups in total. The fraction of sp³-hybridized carbons (Fsp3) is 0.158. The number of aryl methyl sites for hydroxylation is 1. The molecular weight excluding hydrogens is 403 g/mol. The number of halogens is 3. The zero-order valence-corrected chi connectivity index (χ0v) is 15.8. The molecule has 1 amide bonds. The van der Waals surface area contributed by atoms with Gasteiger partial charge in [0.25, 0.3) is 0 Å². The molecule has 1 aromatic heterocycles. The molecule has 2 aromatic carbocycles. The normalized spacial score (nSPS) is 11.1. The maximum Gasteiger partial charge on any atom is 0.387 e. The van der Waals surface area contributed by atoms with E-state index < -0.39 is 18.3 Å². The molecule has 0 radical (unpaired) electrons. The van der Waals surface area contributed by atoms with Gasteiger partial charge in [0.05, 0.1) is 7.11 Å². The number of hydrogen-bond acceptors (Lipinski definition) is 6. The van der Waals surface area contributed by atoms with Gasteiger partial charge in [-0.05, 0) is 59.3 Å². The summed E-state index contributed by atoms with van der Waals surface area (Å²) < 4.78 is 49.4. The van der Waals surface area contributed by atoms with Crippen molar-refractivity contribution in [3.63, 3.8) is 0 Å². The number of alkyl halides is 2. The zero-order valence-electron chi connectivity index (χ0n) is 15.8. The van der Waals surface area contributed by atoms with Crippen LogP contribution in [0, 0.1) is 12.7 Å². The lowest BCUT2D eigenvalue weighted by molar-refractivity contribution is -0.111. The van der Waals surface area contributed by atoms with Gasteiger partial charge in [0.1, 0.15) is 11.5 Å². The van der Waals surface area contributed by atoms with Gasteiger partial charge in [-0.1, -0.05) is 6.07 Å². The smallest absolute Gasteiger partial charge is 0.387 e. The number of amides is 1. The molecular formula is C19H16F3N5O3. The van der Waals surface area contributed by atoms with Crippen LogP contribution in [0.25, 0.3) is 11.8 Å². The van der Waals surface area contributed by atoms with Gasteiger partial charge in [-0.25, -0.2) is 4.39 Å². The minimum absolute atomic E-state index is 0.0821. The highest BCUT2D eigenvalue weighted by Gasteiger charge is 2.12. The van der Waals surface area contributed by atoms with E-state index in [4.69, 9.17) is 4.74 Å². The molecule has 8 nitrogen and oxygen atoms in total. The fourth-order valence-corrected chi connectivity index (χ4v) is 2.54. The second kappa shape index (κ2) is 9.07. The number of nitrogens with one attached hydrogen (secondary N) is 1. The van der Waals surface area contributed by atoms with Gasteiger partial charge in [0.2, 0.25) is 5.91 Å². The van der Waals surface area contributed by atoms with Crippen molar-refractivity contribution in [3.8, 4) is 17.2 Å². The maximum atomic E-state index is 14.1. The Hall–Kier alpha value is -3.89. The average Bonchev–Trinajstić information content (AvgIpc) is 3.14. The van der Waals surface area contributed by atoms with Gasteiger partial charge >= 0.3 is 6.61 Å². The van der Waals surface area contributed by atoms with Crippen LogP contribution < -0.4 is 14.8 Å². The number of aromatic nitrogens is 4. The van der Waals surface area contributed by atoms with Gasteiger partial charge in [-0.15, -0.1) is 5.10 Å². The molecule has 0 aliphatic carbocycles. The number of nitrogens with zero attached hydrogens (tertiary/aromatic N) is 4. The SMILES string of the molecule is COc1cc(/C=C/C(=O)Nc2ccc(F)c(-n3nnnc3C)c2)ccc1OC(F)F. The molecule has 11 heteroatoms. The Balaban J connectivity index is 1.73. The molecule has 3 aromatic rings. The van der Waals surface area contributed by atoms with Crippen molar-refractivity contribution in [2.45, 2.75) is 13.5 Å². The van der Waals surface area contributed by atoms with Crippen LogP contribution >= 0.6 is 0 Å². The van der Waals surface area contributed by atoms with Crippen LogP contribution in [0.4, 0.5) is 18.9 Å². The van der Waals surface area contributed by atoms with E-state index in [0.29, 0.717) is 17.1 Å². The molecule has 156 valence electrons. The van der Waals surface area contributed by atoms with Gasteiger partial charge < -0.3 is 14.8 Å². The van der Waals surface area contributed by atoms with Crippen LogP contribution in [-0.4, -0.2) is 39.8 Å². The minimum Gasteiger partial charge on any atom is -0.493 e. The summed E-state index contributed by atoms with van der Waals surface area (Å²) in [5, 5.41) is 13.5. The quantitative estimate of drug-likeness (QED) is 0.591. The molecule has 0 unspecified atom stereocenters. The predicted molar refractivity (Wildman–Crippen MR) is 101 cm³/mol. The molecule has 0 spiro atoms. The molecule has 0 aliphatic heterocycles. The second-order valence-electron chi connectivity index (χ2n) is 5.92. The number of methoxy groups -OCH3 is 1. The number of hydrogen-bond donors (Lipinski definition) is 1. The first-order chi connectivity index (χ1) is 14.4.